The summed E-state index contributed by atoms with van der Waals surface area (Å²) < 4.78 is 9.66. The molecule has 0 spiro atoms. The highest BCUT2D eigenvalue weighted by Gasteiger charge is 2.25. The van der Waals surface area contributed by atoms with E-state index in [0.29, 0.717) is 12.8 Å². The fourth-order valence-corrected chi connectivity index (χ4v) is 1.11. The Morgan fingerprint density at radius 2 is 1.67 bits per heavy atom. The lowest BCUT2D eigenvalue weighted by Crippen LogP contribution is -2.45. The summed E-state index contributed by atoms with van der Waals surface area (Å²) >= 11 is 0. The van der Waals surface area contributed by atoms with E-state index in [2.05, 4.69) is 5.32 Å². The van der Waals surface area contributed by atoms with Crippen LogP contribution in [0.4, 0.5) is 4.79 Å². The lowest BCUT2D eigenvalue weighted by molar-refractivity contribution is -0.152. The highest BCUT2D eigenvalue weighted by Crippen LogP contribution is 2.00. The average Bonchev–Trinajstić information content (AvgIpc) is 2.32. The number of nitrogens with two attached hydrogens (primary N) is 1. The molecule has 104 valence electrons. The number of primary amides is 1. The van der Waals surface area contributed by atoms with Crippen LogP contribution in [0.25, 0.3) is 0 Å². The predicted octanol–water partition coefficient (Wildman–Crippen LogP) is 0.320. The lowest BCUT2D eigenvalue weighted by atomic mass is 10.2. The molecule has 7 heteroatoms. The molecule has 0 fully saturated rings. The highest BCUT2D eigenvalue weighted by molar-refractivity contribution is 5.87. The first-order valence-electron chi connectivity index (χ1n) is 5.89. The van der Waals surface area contributed by atoms with Crippen molar-refractivity contribution in [3.8, 4) is 0 Å². The van der Waals surface area contributed by atoms with Gasteiger partial charge in [0.15, 0.2) is 0 Å². The molecule has 1 atom stereocenters. The Hall–Kier alpha value is -1.79. The molecule has 0 aromatic carbocycles. The van der Waals surface area contributed by atoms with Gasteiger partial charge in [-0.25, -0.2) is 9.59 Å². The van der Waals surface area contributed by atoms with Crippen molar-refractivity contribution in [3.05, 3.63) is 0 Å². The molecule has 0 aliphatic rings. The Kier molecular flexibility index (Phi) is 8.34. The third-order valence-corrected chi connectivity index (χ3v) is 1.89. The van der Waals surface area contributed by atoms with E-state index >= 15 is 0 Å². The molecule has 0 saturated heterocycles. The normalized spacial score (nSPS) is 11.4. The van der Waals surface area contributed by atoms with E-state index in [1.54, 1.807) is 0 Å². The number of nitrogens with one attached hydrogen (secondary N) is 1. The van der Waals surface area contributed by atoms with Gasteiger partial charge in [-0.05, 0) is 12.8 Å². The van der Waals surface area contributed by atoms with Crippen molar-refractivity contribution in [2.75, 3.05) is 13.2 Å². The molecular weight excluding hydrogens is 240 g/mol. The summed E-state index contributed by atoms with van der Waals surface area (Å²) in [5.74, 6) is -1.27. The molecular formula is C11H20N2O5. The summed E-state index contributed by atoms with van der Waals surface area (Å²) in [6, 6.07) is -1.99. The highest BCUT2D eigenvalue weighted by atomic mass is 16.5. The number of amides is 2. The van der Waals surface area contributed by atoms with Crippen LogP contribution in [0.3, 0.4) is 0 Å². The van der Waals surface area contributed by atoms with E-state index in [0.717, 1.165) is 0 Å². The standard InChI is InChI=1S/C11H20N2O5/c1-3-5-17-9(14)7-8(13-11(12)16)10(15)18-6-4-2/h8H,3-7H2,1-2H3,(H3,12,13,16). The van der Waals surface area contributed by atoms with Gasteiger partial charge in [-0.3, -0.25) is 4.79 Å². The number of hydrogen-bond acceptors (Lipinski definition) is 5. The molecule has 0 saturated carbocycles. The number of rotatable bonds is 8. The molecule has 0 heterocycles. The van der Waals surface area contributed by atoms with Gasteiger partial charge in [0.1, 0.15) is 6.04 Å². The molecule has 7 nitrogen and oxygen atoms in total. The predicted molar refractivity (Wildman–Crippen MR) is 63.6 cm³/mol. The molecule has 3 N–H and O–H groups in total. The van der Waals surface area contributed by atoms with Crippen LogP contribution in [0.5, 0.6) is 0 Å². The Balaban J connectivity index is 4.33. The lowest BCUT2D eigenvalue weighted by Gasteiger charge is -2.15. The molecule has 0 aromatic heterocycles. The van der Waals surface area contributed by atoms with Crippen LogP contribution < -0.4 is 11.1 Å². The van der Waals surface area contributed by atoms with Gasteiger partial charge in [0.25, 0.3) is 0 Å². The minimum absolute atomic E-state index is 0.222. The van der Waals surface area contributed by atoms with Crippen LogP contribution in [0.2, 0.25) is 0 Å². The Morgan fingerprint density at radius 3 is 2.17 bits per heavy atom. The second-order valence-corrected chi connectivity index (χ2v) is 3.65. The van der Waals surface area contributed by atoms with Crippen LogP contribution in [-0.4, -0.2) is 37.2 Å². The van der Waals surface area contributed by atoms with Crippen molar-refractivity contribution in [1.29, 1.82) is 0 Å². The molecule has 1 unspecified atom stereocenters. The molecule has 0 radical (unpaired) electrons. The molecule has 0 aliphatic carbocycles. The van der Waals surface area contributed by atoms with Gasteiger partial charge in [0.2, 0.25) is 0 Å². The van der Waals surface area contributed by atoms with Gasteiger partial charge >= 0.3 is 18.0 Å². The Morgan fingerprint density at radius 1 is 1.11 bits per heavy atom. The van der Waals surface area contributed by atoms with Crippen molar-refractivity contribution in [1.82, 2.24) is 5.32 Å². The van der Waals surface area contributed by atoms with E-state index in [9.17, 15) is 14.4 Å². The molecule has 0 aliphatic heterocycles. The zero-order chi connectivity index (χ0) is 14.0. The average molecular weight is 260 g/mol. The smallest absolute Gasteiger partial charge is 0.329 e. The maximum Gasteiger partial charge on any atom is 0.329 e. The quantitative estimate of drug-likeness (QED) is 0.611. The Labute approximate surface area is 106 Å². The maximum atomic E-state index is 11.5. The van der Waals surface area contributed by atoms with Crippen molar-refractivity contribution >= 4 is 18.0 Å². The van der Waals surface area contributed by atoms with E-state index in [1.807, 2.05) is 13.8 Å². The molecule has 0 rings (SSSR count). The minimum Gasteiger partial charge on any atom is -0.466 e. The maximum absolute atomic E-state index is 11.5. The summed E-state index contributed by atoms with van der Waals surface area (Å²) in [6.45, 7) is 4.17. The summed E-state index contributed by atoms with van der Waals surface area (Å²) in [6.07, 6.45) is 1.04. The van der Waals surface area contributed by atoms with Gasteiger partial charge in [0, 0.05) is 0 Å². The van der Waals surface area contributed by atoms with E-state index in [-0.39, 0.29) is 19.6 Å². The summed E-state index contributed by atoms with van der Waals surface area (Å²) in [4.78, 5) is 33.6. The van der Waals surface area contributed by atoms with Gasteiger partial charge < -0.3 is 20.5 Å². The third kappa shape index (κ3) is 7.48. The van der Waals surface area contributed by atoms with Crippen LogP contribution in [0, 0.1) is 0 Å². The third-order valence-electron chi connectivity index (χ3n) is 1.89. The zero-order valence-electron chi connectivity index (χ0n) is 10.7. The number of carbonyl (C=O) groups excluding carboxylic acids is 3. The fourth-order valence-electron chi connectivity index (χ4n) is 1.11. The van der Waals surface area contributed by atoms with Crippen LogP contribution in [0.1, 0.15) is 33.1 Å². The van der Waals surface area contributed by atoms with E-state index < -0.39 is 24.0 Å². The topological polar surface area (TPSA) is 108 Å². The molecule has 0 bridgehead atoms. The first-order valence-corrected chi connectivity index (χ1v) is 5.89. The first kappa shape index (κ1) is 16.2. The van der Waals surface area contributed by atoms with Crippen molar-refractivity contribution < 1.29 is 23.9 Å². The second kappa shape index (κ2) is 9.26. The summed E-state index contributed by atoms with van der Waals surface area (Å²) in [5, 5.41) is 2.16. The largest absolute Gasteiger partial charge is 0.466 e. The van der Waals surface area contributed by atoms with Gasteiger partial charge in [-0.15, -0.1) is 0 Å². The van der Waals surface area contributed by atoms with Crippen molar-refractivity contribution in [3.63, 3.8) is 0 Å². The molecule has 18 heavy (non-hydrogen) atoms. The number of esters is 2. The number of hydrogen-bond donors (Lipinski definition) is 2. The van der Waals surface area contributed by atoms with E-state index in [4.69, 9.17) is 15.2 Å². The Bertz CT molecular complexity index is 293. The van der Waals surface area contributed by atoms with E-state index in [1.165, 1.54) is 0 Å². The number of ether oxygens (including phenoxy) is 2. The summed E-state index contributed by atoms with van der Waals surface area (Å²) in [5.41, 5.74) is 4.93. The molecule has 0 aromatic rings. The SMILES string of the molecule is CCCOC(=O)CC(NC(N)=O)C(=O)OCCC. The minimum atomic E-state index is -1.10. The molecule has 2 amide bonds. The monoisotopic (exact) mass is 260 g/mol. The van der Waals surface area contributed by atoms with Crippen LogP contribution in [0.15, 0.2) is 0 Å². The van der Waals surface area contributed by atoms with Crippen molar-refractivity contribution in [2.24, 2.45) is 5.73 Å². The fraction of sp³-hybridized carbons (Fsp3) is 0.727. The second-order valence-electron chi connectivity index (χ2n) is 3.65. The van der Waals surface area contributed by atoms with Crippen LogP contribution >= 0.6 is 0 Å². The van der Waals surface area contributed by atoms with Gasteiger partial charge in [-0.1, -0.05) is 13.8 Å². The zero-order valence-corrected chi connectivity index (χ0v) is 10.7. The number of urea groups is 1. The van der Waals surface area contributed by atoms with Crippen molar-refractivity contribution in [2.45, 2.75) is 39.2 Å². The van der Waals surface area contributed by atoms with Gasteiger partial charge in [-0.2, -0.15) is 0 Å². The first-order chi connectivity index (χ1) is 8.51. The number of carbonyl (C=O) groups is 3. The van der Waals surface area contributed by atoms with Crippen LogP contribution in [-0.2, 0) is 19.1 Å². The van der Waals surface area contributed by atoms with Gasteiger partial charge in [0.05, 0.1) is 19.6 Å². The summed E-state index contributed by atoms with van der Waals surface area (Å²) in [7, 11) is 0.